The molecule has 1 saturated carbocycles. The summed E-state index contributed by atoms with van der Waals surface area (Å²) in [5, 5.41) is 11.9. The Hall–Kier alpha value is -1.79. The Kier molecular flexibility index (Phi) is 5.83. The highest BCUT2D eigenvalue weighted by Crippen LogP contribution is 2.39. The molecule has 2 aliphatic heterocycles. The van der Waals surface area contributed by atoms with E-state index in [2.05, 4.69) is 27.0 Å². The summed E-state index contributed by atoms with van der Waals surface area (Å²) in [6.45, 7) is 9.37. The Morgan fingerprint density at radius 2 is 1.96 bits per heavy atom. The number of anilines is 1. The molecule has 0 aromatic carbocycles. The highest BCUT2D eigenvalue weighted by molar-refractivity contribution is 5.69. The summed E-state index contributed by atoms with van der Waals surface area (Å²) in [6, 6.07) is 4.22. The van der Waals surface area contributed by atoms with E-state index in [0.717, 1.165) is 36.8 Å². The molecule has 146 valence electrons. The number of nitrogens with one attached hydrogen (secondary N) is 1. The van der Waals surface area contributed by atoms with Crippen molar-refractivity contribution < 1.29 is 9.13 Å². The monoisotopic (exact) mass is 372 g/mol. The lowest BCUT2D eigenvalue weighted by Gasteiger charge is -2.27. The third-order valence-corrected chi connectivity index (χ3v) is 6.29. The van der Waals surface area contributed by atoms with Gasteiger partial charge in [-0.2, -0.15) is 0 Å². The van der Waals surface area contributed by atoms with E-state index in [1.807, 2.05) is 12.1 Å². The number of likely N-dealkylation sites (tertiary alicyclic amines) is 1. The molecule has 0 spiro atoms. The Morgan fingerprint density at radius 3 is 2.59 bits per heavy atom. The zero-order chi connectivity index (χ0) is 18.6. The summed E-state index contributed by atoms with van der Waals surface area (Å²) in [7, 11) is 0. The molecule has 3 heterocycles. The second-order valence-corrected chi connectivity index (χ2v) is 8.23. The van der Waals surface area contributed by atoms with Crippen LogP contribution in [0.25, 0.3) is 5.57 Å². The number of allylic oxidation sites excluding steroid dienone is 2. The van der Waals surface area contributed by atoms with Crippen molar-refractivity contribution in [1.29, 1.82) is 0 Å². The van der Waals surface area contributed by atoms with Crippen LogP contribution in [0.2, 0.25) is 0 Å². The van der Waals surface area contributed by atoms with E-state index in [0.29, 0.717) is 23.6 Å². The maximum absolute atomic E-state index is 12.2. The van der Waals surface area contributed by atoms with Gasteiger partial charge in [-0.1, -0.05) is 6.58 Å². The Balaban J connectivity index is 1.25. The highest BCUT2D eigenvalue weighted by atomic mass is 19.1. The fourth-order valence-corrected chi connectivity index (χ4v) is 4.91. The molecule has 1 aliphatic carbocycles. The van der Waals surface area contributed by atoms with Crippen LogP contribution in [0.3, 0.4) is 0 Å². The van der Waals surface area contributed by atoms with Gasteiger partial charge in [0.15, 0.2) is 0 Å². The first-order chi connectivity index (χ1) is 13.2. The molecule has 0 bridgehead atoms. The maximum Gasteiger partial charge on any atom is 0.148 e. The van der Waals surface area contributed by atoms with Gasteiger partial charge in [0.1, 0.15) is 5.82 Å². The molecule has 6 heteroatoms. The van der Waals surface area contributed by atoms with Crippen LogP contribution in [-0.2, 0) is 4.74 Å². The zero-order valence-electron chi connectivity index (χ0n) is 15.8. The van der Waals surface area contributed by atoms with Crippen molar-refractivity contribution in [3.05, 3.63) is 36.8 Å². The van der Waals surface area contributed by atoms with Crippen LogP contribution in [-0.4, -0.2) is 54.0 Å². The summed E-state index contributed by atoms with van der Waals surface area (Å²) in [4.78, 5) is 2.68. The SMILES string of the molecule is C=C(/C=C/F)c1ccc(NC2C[C@@H]3CN(CC4CCOCC4)C[C@@H]3C2)nn1. The van der Waals surface area contributed by atoms with E-state index in [1.54, 1.807) is 0 Å². The molecule has 5 nitrogen and oxygen atoms in total. The number of aromatic nitrogens is 2. The van der Waals surface area contributed by atoms with Gasteiger partial charge < -0.3 is 15.0 Å². The van der Waals surface area contributed by atoms with E-state index in [9.17, 15) is 4.39 Å². The molecular weight excluding hydrogens is 343 g/mol. The third kappa shape index (κ3) is 4.55. The predicted octanol–water partition coefficient (Wildman–Crippen LogP) is 3.52. The zero-order valence-corrected chi connectivity index (χ0v) is 15.8. The number of ether oxygens (including phenoxy) is 1. The number of nitrogens with zero attached hydrogens (tertiary/aromatic N) is 3. The van der Waals surface area contributed by atoms with E-state index < -0.39 is 0 Å². The van der Waals surface area contributed by atoms with Crippen molar-refractivity contribution in [2.45, 2.75) is 31.7 Å². The minimum Gasteiger partial charge on any atom is -0.381 e. The number of hydrogen-bond acceptors (Lipinski definition) is 5. The molecule has 3 fully saturated rings. The molecule has 1 aromatic heterocycles. The fourth-order valence-electron chi connectivity index (χ4n) is 4.91. The Labute approximate surface area is 160 Å². The smallest absolute Gasteiger partial charge is 0.148 e. The van der Waals surface area contributed by atoms with E-state index in [-0.39, 0.29) is 0 Å². The fraction of sp³-hybridized carbons (Fsp3) is 0.619. The normalized spacial score (nSPS) is 29.3. The lowest BCUT2D eigenvalue weighted by atomic mass is 10.00. The molecule has 3 atom stereocenters. The van der Waals surface area contributed by atoms with E-state index in [4.69, 9.17) is 4.74 Å². The molecule has 1 aromatic rings. The van der Waals surface area contributed by atoms with Crippen LogP contribution in [0.4, 0.5) is 10.2 Å². The van der Waals surface area contributed by atoms with Crippen molar-refractivity contribution >= 4 is 11.4 Å². The van der Waals surface area contributed by atoms with Gasteiger partial charge in [-0.15, -0.1) is 10.2 Å². The Bertz CT molecular complexity index is 657. The summed E-state index contributed by atoms with van der Waals surface area (Å²) in [6.07, 6.45) is 6.61. The molecule has 27 heavy (non-hydrogen) atoms. The summed E-state index contributed by atoms with van der Waals surface area (Å²) in [5.74, 6) is 3.20. The minimum absolute atomic E-state index is 0.471. The average molecular weight is 372 g/mol. The molecular formula is C21H29FN4O. The van der Waals surface area contributed by atoms with Crippen LogP contribution in [0, 0.1) is 17.8 Å². The van der Waals surface area contributed by atoms with Crippen molar-refractivity contribution in [3.8, 4) is 0 Å². The molecule has 2 saturated heterocycles. The number of halogens is 1. The van der Waals surface area contributed by atoms with E-state index in [1.165, 1.54) is 51.4 Å². The molecule has 0 radical (unpaired) electrons. The van der Waals surface area contributed by atoms with Crippen LogP contribution in [0.5, 0.6) is 0 Å². The van der Waals surface area contributed by atoms with Gasteiger partial charge in [-0.3, -0.25) is 0 Å². The largest absolute Gasteiger partial charge is 0.381 e. The van der Waals surface area contributed by atoms with Crippen molar-refractivity contribution in [1.82, 2.24) is 15.1 Å². The van der Waals surface area contributed by atoms with Gasteiger partial charge >= 0.3 is 0 Å². The van der Waals surface area contributed by atoms with Gasteiger partial charge in [0.2, 0.25) is 0 Å². The standard InChI is InChI=1S/C21H29FN4O/c1-15(4-7-22)20-2-3-21(25-24-20)23-19-10-17-13-26(14-18(17)11-19)12-16-5-8-27-9-6-16/h2-4,7,16-19H,1,5-6,8-14H2,(H,23,25)/b7-4+/t17-,18+,19?. The third-order valence-electron chi connectivity index (χ3n) is 6.29. The van der Waals surface area contributed by atoms with Crippen LogP contribution in [0.1, 0.15) is 31.4 Å². The number of rotatable bonds is 6. The average Bonchev–Trinajstić information content (AvgIpc) is 3.21. The van der Waals surface area contributed by atoms with Gasteiger partial charge in [-0.05, 0) is 67.2 Å². The predicted molar refractivity (Wildman–Crippen MR) is 105 cm³/mol. The molecule has 0 amide bonds. The second kappa shape index (κ2) is 8.48. The molecule has 4 rings (SSSR count). The van der Waals surface area contributed by atoms with Gasteiger partial charge in [0.25, 0.3) is 0 Å². The number of fused-ring (bicyclic) bond motifs is 1. The topological polar surface area (TPSA) is 50.3 Å². The summed E-state index contributed by atoms with van der Waals surface area (Å²) < 4.78 is 17.7. The lowest BCUT2D eigenvalue weighted by molar-refractivity contribution is 0.0545. The molecule has 3 aliphatic rings. The van der Waals surface area contributed by atoms with Crippen LogP contribution in [0.15, 0.2) is 31.1 Å². The van der Waals surface area contributed by atoms with Gasteiger partial charge in [0.05, 0.1) is 12.0 Å². The first-order valence-electron chi connectivity index (χ1n) is 10.1. The minimum atomic E-state index is 0.471. The second-order valence-electron chi connectivity index (χ2n) is 8.23. The van der Waals surface area contributed by atoms with Crippen molar-refractivity contribution in [2.24, 2.45) is 17.8 Å². The first kappa shape index (κ1) is 18.6. The first-order valence-corrected chi connectivity index (χ1v) is 10.1. The van der Waals surface area contributed by atoms with Crippen LogP contribution < -0.4 is 5.32 Å². The maximum atomic E-state index is 12.2. The lowest BCUT2D eigenvalue weighted by Crippen LogP contribution is -2.32. The summed E-state index contributed by atoms with van der Waals surface area (Å²) in [5.41, 5.74) is 1.12. The molecule has 1 N–H and O–H groups in total. The van der Waals surface area contributed by atoms with Gasteiger partial charge in [-0.25, -0.2) is 4.39 Å². The number of hydrogen-bond donors (Lipinski definition) is 1. The summed E-state index contributed by atoms with van der Waals surface area (Å²) >= 11 is 0. The van der Waals surface area contributed by atoms with Gasteiger partial charge in [0, 0.05) is 38.9 Å². The molecule has 1 unspecified atom stereocenters. The van der Waals surface area contributed by atoms with Crippen molar-refractivity contribution in [3.63, 3.8) is 0 Å². The Morgan fingerprint density at radius 1 is 1.22 bits per heavy atom. The highest BCUT2D eigenvalue weighted by Gasteiger charge is 2.41. The van der Waals surface area contributed by atoms with E-state index >= 15 is 0 Å². The van der Waals surface area contributed by atoms with Crippen molar-refractivity contribution in [2.75, 3.05) is 38.2 Å². The quantitative estimate of drug-likeness (QED) is 0.775. The van der Waals surface area contributed by atoms with Crippen LogP contribution >= 0.6 is 0 Å².